The lowest BCUT2D eigenvalue weighted by Crippen LogP contribution is -2.41. The summed E-state index contributed by atoms with van der Waals surface area (Å²) in [5, 5.41) is 2.85. The molecule has 0 saturated carbocycles. The Morgan fingerprint density at radius 2 is 2.00 bits per heavy atom. The summed E-state index contributed by atoms with van der Waals surface area (Å²) in [6.45, 7) is 5.23. The summed E-state index contributed by atoms with van der Waals surface area (Å²) in [7, 11) is -3.76. The monoisotopic (exact) mass is 271 g/mol. The average Bonchev–Trinajstić information content (AvgIpc) is 2.19. The number of fused-ring (bicyclic) bond motifs is 1. The lowest BCUT2D eigenvalue weighted by atomic mass is 10.2. The van der Waals surface area contributed by atoms with Gasteiger partial charge in [0.05, 0.1) is 5.69 Å². The first kappa shape index (κ1) is 12.8. The molecule has 7 heteroatoms. The Kier molecular flexibility index (Phi) is 3.02. The van der Waals surface area contributed by atoms with Gasteiger partial charge < -0.3 is 5.32 Å². The Bertz CT molecular complexity index is 623. The number of rotatable bonds is 1. The molecule has 18 heavy (non-hydrogen) atoms. The first-order valence-electron chi connectivity index (χ1n) is 5.47. The van der Waals surface area contributed by atoms with Crippen LogP contribution >= 0.6 is 0 Å². The van der Waals surface area contributed by atoms with Gasteiger partial charge in [0.25, 0.3) is 10.0 Å². The van der Waals surface area contributed by atoms with Gasteiger partial charge in [-0.1, -0.05) is 0 Å². The van der Waals surface area contributed by atoms with Crippen molar-refractivity contribution in [3.05, 3.63) is 23.5 Å². The molecule has 5 nitrogen and oxygen atoms in total. The normalized spacial score (nSPS) is 19.3. The van der Waals surface area contributed by atoms with E-state index in [1.807, 2.05) is 13.8 Å². The molecule has 0 aromatic heterocycles. The summed E-state index contributed by atoms with van der Waals surface area (Å²) in [6, 6.07) is 2.41. The van der Waals surface area contributed by atoms with Crippen molar-refractivity contribution in [2.24, 2.45) is 4.99 Å². The molecule has 1 aromatic rings. The van der Waals surface area contributed by atoms with E-state index in [1.54, 1.807) is 6.92 Å². The van der Waals surface area contributed by atoms with Gasteiger partial charge in [-0.05, 0) is 38.5 Å². The Morgan fingerprint density at radius 3 is 2.61 bits per heavy atom. The second kappa shape index (κ2) is 4.24. The van der Waals surface area contributed by atoms with Gasteiger partial charge in [-0.15, -0.1) is 0 Å². The molecule has 0 bridgehead atoms. The quantitative estimate of drug-likeness (QED) is 0.815. The van der Waals surface area contributed by atoms with E-state index in [0.717, 1.165) is 6.07 Å². The number of sulfonamides is 1. The molecular weight excluding hydrogens is 257 g/mol. The smallest absolute Gasteiger partial charge is 0.266 e. The Balaban J connectivity index is 2.57. The minimum absolute atomic E-state index is 0.0571. The van der Waals surface area contributed by atoms with Gasteiger partial charge in [0.15, 0.2) is 0 Å². The average molecular weight is 271 g/mol. The highest BCUT2D eigenvalue weighted by Crippen LogP contribution is 2.27. The predicted octanol–water partition coefficient (Wildman–Crippen LogP) is 1.60. The maximum atomic E-state index is 13.4. The summed E-state index contributed by atoms with van der Waals surface area (Å²) < 4.78 is 39.5. The second-order valence-corrected chi connectivity index (χ2v) is 6.05. The first-order valence-corrected chi connectivity index (χ1v) is 6.95. The van der Waals surface area contributed by atoms with Crippen LogP contribution in [0.2, 0.25) is 0 Å². The molecule has 0 amide bonds. The number of hydrogen-bond donors (Lipinski definition) is 2. The summed E-state index contributed by atoms with van der Waals surface area (Å²) in [5.74, 6) is -0.395. The van der Waals surface area contributed by atoms with Crippen LogP contribution in [0.4, 0.5) is 10.1 Å². The van der Waals surface area contributed by atoms with E-state index in [2.05, 4.69) is 15.0 Å². The van der Waals surface area contributed by atoms with E-state index >= 15 is 0 Å². The fraction of sp³-hybridized carbons (Fsp3) is 0.364. The van der Waals surface area contributed by atoms with Crippen LogP contribution in [-0.2, 0) is 10.0 Å². The minimum Gasteiger partial charge on any atom is -0.324 e. The molecule has 2 rings (SSSR count). The third-order valence-electron chi connectivity index (χ3n) is 2.42. The number of benzene rings is 1. The van der Waals surface area contributed by atoms with Gasteiger partial charge >= 0.3 is 0 Å². The highest BCUT2D eigenvalue weighted by Gasteiger charge is 2.27. The molecule has 2 N–H and O–H groups in total. The highest BCUT2D eigenvalue weighted by molar-refractivity contribution is 7.90. The van der Waals surface area contributed by atoms with Crippen LogP contribution in [0.15, 0.2) is 22.0 Å². The Morgan fingerprint density at radius 1 is 1.33 bits per heavy atom. The van der Waals surface area contributed by atoms with E-state index < -0.39 is 15.8 Å². The van der Waals surface area contributed by atoms with Crippen molar-refractivity contribution in [2.45, 2.75) is 31.7 Å². The summed E-state index contributed by atoms with van der Waals surface area (Å²) in [5.41, 5.74) is 0.717. The molecule has 1 aromatic carbocycles. The van der Waals surface area contributed by atoms with E-state index in [0.29, 0.717) is 11.3 Å². The predicted molar refractivity (Wildman–Crippen MR) is 67.7 cm³/mol. The maximum absolute atomic E-state index is 13.4. The minimum atomic E-state index is -3.76. The van der Waals surface area contributed by atoms with E-state index in [4.69, 9.17) is 0 Å². The molecule has 0 atom stereocenters. The zero-order valence-corrected chi connectivity index (χ0v) is 11.1. The number of hydrogen-bond acceptors (Lipinski definition) is 3. The zero-order chi connectivity index (χ0) is 13.5. The van der Waals surface area contributed by atoms with Crippen molar-refractivity contribution in [3.63, 3.8) is 0 Å². The van der Waals surface area contributed by atoms with Gasteiger partial charge in [-0.25, -0.2) is 22.5 Å². The van der Waals surface area contributed by atoms with E-state index in [9.17, 15) is 12.8 Å². The third-order valence-corrected chi connectivity index (χ3v) is 3.80. The third kappa shape index (κ3) is 2.31. The van der Waals surface area contributed by atoms with Crippen molar-refractivity contribution in [1.82, 2.24) is 4.72 Å². The van der Waals surface area contributed by atoms with Crippen LogP contribution in [-0.4, -0.2) is 20.4 Å². The van der Waals surface area contributed by atoms with Gasteiger partial charge in [-0.3, -0.25) is 0 Å². The molecule has 1 aliphatic rings. The molecule has 0 spiro atoms. The topological polar surface area (TPSA) is 70.6 Å². The standard InChI is InChI=1S/C11H14FN3O2S/c1-6(2)13-11-14-9-4-7(3)8(12)5-10(9)18(16,17)15-11/h4-6H,1-3H3,(H2,13,14,15). The maximum Gasteiger partial charge on any atom is 0.266 e. The summed E-state index contributed by atoms with van der Waals surface area (Å²) >= 11 is 0. The molecule has 0 aliphatic carbocycles. The number of nitrogens with one attached hydrogen (secondary N) is 2. The van der Waals surface area contributed by atoms with Crippen LogP contribution in [0.5, 0.6) is 0 Å². The zero-order valence-electron chi connectivity index (χ0n) is 10.3. The number of halogens is 1. The van der Waals surface area contributed by atoms with E-state index in [1.165, 1.54) is 6.07 Å². The van der Waals surface area contributed by atoms with E-state index in [-0.39, 0.29) is 16.9 Å². The fourth-order valence-electron chi connectivity index (χ4n) is 1.64. The molecule has 0 radical (unpaired) electrons. The molecular formula is C11H14FN3O2S. The van der Waals surface area contributed by atoms with Crippen molar-refractivity contribution in [1.29, 1.82) is 0 Å². The molecule has 1 aliphatic heterocycles. The Hall–Kier alpha value is -1.63. The van der Waals surface area contributed by atoms with Gasteiger partial charge in [-0.2, -0.15) is 0 Å². The molecule has 0 saturated heterocycles. The SMILES string of the molecule is Cc1cc2c(cc1F)S(=O)(=O)NC(=NC(C)C)N2. The lowest BCUT2D eigenvalue weighted by Gasteiger charge is -2.22. The fourth-order valence-corrected chi connectivity index (χ4v) is 2.76. The van der Waals surface area contributed by atoms with Crippen molar-refractivity contribution in [2.75, 3.05) is 5.32 Å². The summed E-state index contributed by atoms with van der Waals surface area (Å²) in [6.07, 6.45) is 0. The van der Waals surface area contributed by atoms with Gasteiger partial charge in [0, 0.05) is 6.04 Å². The van der Waals surface area contributed by atoms with Crippen LogP contribution in [0.1, 0.15) is 19.4 Å². The number of aliphatic imine (C=N–C) groups is 1. The van der Waals surface area contributed by atoms with Gasteiger partial charge in [0.1, 0.15) is 10.7 Å². The van der Waals surface area contributed by atoms with Crippen LogP contribution in [0.25, 0.3) is 0 Å². The van der Waals surface area contributed by atoms with Gasteiger partial charge in [0.2, 0.25) is 5.96 Å². The van der Waals surface area contributed by atoms with Crippen LogP contribution in [0, 0.1) is 12.7 Å². The number of aryl methyl sites for hydroxylation is 1. The first-order chi connectivity index (χ1) is 8.29. The summed E-state index contributed by atoms with van der Waals surface area (Å²) in [4.78, 5) is 4.00. The van der Waals surface area contributed by atoms with Crippen molar-refractivity contribution in [3.8, 4) is 0 Å². The van der Waals surface area contributed by atoms with Crippen molar-refractivity contribution >= 4 is 21.7 Å². The second-order valence-electron chi connectivity index (χ2n) is 4.40. The number of guanidine groups is 1. The van der Waals surface area contributed by atoms with Crippen LogP contribution in [0.3, 0.4) is 0 Å². The van der Waals surface area contributed by atoms with Crippen molar-refractivity contribution < 1.29 is 12.8 Å². The number of anilines is 1. The molecule has 0 unspecified atom stereocenters. The lowest BCUT2D eigenvalue weighted by molar-refractivity contribution is 0.585. The Labute approximate surface area is 105 Å². The molecule has 98 valence electrons. The molecule has 0 fully saturated rings. The number of nitrogens with zero attached hydrogens (tertiary/aromatic N) is 1. The largest absolute Gasteiger partial charge is 0.324 e. The molecule has 1 heterocycles. The van der Waals surface area contributed by atoms with Crippen LogP contribution < -0.4 is 10.0 Å². The highest BCUT2D eigenvalue weighted by atomic mass is 32.2.